The molecule has 0 N–H and O–H groups in total. The zero-order chi connectivity index (χ0) is 15.2. The van der Waals surface area contributed by atoms with Gasteiger partial charge in [-0.1, -0.05) is 29.8 Å². The van der Waals surface area contributed by atoms with Crippen LogP contribution in [0.25, 0.3) is 0 Å². The summed E-state index contributed by atoms with van der Waals surface area (Å²) in [5.41, 5.74) is 2.95. The minimum atomic E-state index is -0.408. The van der Waals surface area contributed by atoms with Crippen LogP contribution in [0.1, 0.15) is 18.1 Å². The lowest BCUT2D eigenvalue weighted by Crippen LogP contribution is -2.15. The maximum Gasteiger partial charge on any atom is 0.270 e. The lowest BCUT2D eigenvalue weighted by Gasteiger charge is -2.16. The number of aryl methyl sites for hydroxylation is 1. The second-order valence-electron chi connectivity index (χ2n) is 4.65. The van der Waals surface area contributed by atoms with Crippen LogP contribution in [-0.4, -0.2) is 17.7 Å². The molecule has 2 rings (SSSR count). The van der Waals surface area contributed by atoms with Crippen molar-refractivity contribution < 1.29 is 4.92 Å². The van der Waals surface area contributed by atoms with Gasteiger partial charge < -0.3 is 0 Å². The maximum absolute atomic E-state index is 10.8. The van der Waals surface area contributed by atoms with Gasteiger partial charge >= 0.3 is 0 Å². The summed E-state index contributed by atoms with van der Waals surface area (Å²) in [5.74, 6) is 0. The van der Waals surface area contributed by atoms with Gasteiger partial charge in [0.05, 0.1) is 16.8 Å². The molecule has 0 saturated heterocycles. The van der Waals surface area contributed by atoms with Crippen LogP contribution in [0.4, 0.5) is 11.4 Å². The molecule has 5 heteroatoms. The van der Waals surface area contributed by atoms with Crippen LogP contribution in [0, 0.1) is 17.0 Å². The number of benzene rings is 2. The summed E-state index contributed by atoms with van der Waals surface area (Å²) < 4.78 is 0. The van der Waals surface area contributed by atoms with E-state index in [1.807, 2.05) is 43.1 Å². The topological polar surface area (TPSA) is 58.7 Å². The van der Waals surface area contributed by atoms with E-state index in [0.717, 1.165) is 5.69 Å². The van der Waals surface area contributed by atoms with Crippen molar-refractivity contribution in [1.82, 2.24) is 0 Å². The summed E-state index contributed by atoms with van der Waals surface area (Å²) in [6.07, 6.45) is 1.64. The quantitative estimate of drug-likeness (QED) is 0.477. The third kappa shape index (κ3) is 3.89. The Balaban J connectivity index is 2.19. The number of nitro benzene ring substituents is 1. The molecule has 21 heavy (non-hydrogen) atoms. The highest BCUT2D eigenvalue weighted by molar-refractivity contribution is 5.81. The predicted octanol–water partition coefficient (Wildman–Crippen LogP) is 3.76. The molecule has 0 heterocycles. The number of rotatable bonds is 5. The van der Waals surface area contributed by atoms with E-state index in [4.69, 9.17) is 0 Å². The first-order valence-corrected chi connectivity index (χ1v) is 6.73. The Hall–Kier alpha value is -2.69. The first kappa shape index (κ1) is 14.7. The third-order valence-corrected chi connectivity index (χ3v) is 3.06. The maximum atomic E-state index is 10.8. The fourth-order valence-corrected chi connectivity index (χ4v) is 1.90. The number of hydrogen-bond donors (Lipinski definition) is 0. The lowest BCUT2D eigenvalue weighted by molar-refractivity contribution is -0.384. The number of hydrogen-bond acceptors (Lipinski definition) is 4. The first-order valence-electron chi connectivity index (χ1n) is 6.73. The zero-order valence-electron chi connectivity index (χ0n) is 12.1. The molecule has 0 atom stereocenters. The average molecular weight is 283 g/mol. The van der Waals surface area contributed by atoms with Gasteiger partial charge in [0, 0.05) is 24.2 Å². The second kappa shape index (κ2) is 6.65. The molecule has 0 radical (unpaired) electrons. The second-order valence-corrected chi connectivity index (χ2v) is 4.65. The van der Waals surface area contributed by atoms with E-state index in [2.05, 4.69) is 5.10 Å². The Morgan fingerprint density at radius 2 is 1.95 bits per heavy atom. The van der Waals surface area contributed by atoms with Crippen LogP contribution in [0.2, 0.25) is 0 Å². The van der Waals surface area contributed by atoms with Gasteiger partial charge in [-0.3, -0.25) is 15.1 Å². The monoisotopic (exact) mass is 283 g/mol. The van der Waals surface area contributed by atoms with Gasteiger partial charge in [0.2, 0.25) is 0 Å². The lowest BCUT2D eigenvalue weighted by atomic mass is 10.2. The fourth-order valence-electron chi connectivity index (χ4n) is 1.90. The molecule has 0 saturated carbocycles. The third-order valence-electron chi connectivity index (χ3n) is 3.06. The highest BCUT2D eigenvalue weighted by Crippen LogP contribution is 2.16. The van der Waals surface area contributed by atoms with Gasteiger partial charge in [0.15, 0.2) is 0 Å². The van der Waals surface area contributed by atoms with Crippen LogP contribution in [-0.2, 0) is 0 Å². The molecular weight excluding hydrogens is 266 g/mol. The Kier molecular flexibility index (Phi) is 4.66. The Labute approximate surface area is 123 Å². The van der Waals surface area contributed by atoms with E-state index in [-0.39, 0.29) is 5.69 Å². The van der Waals surface area contributed by atoms with Gasteiger partial charge in [-0.25, -0.2) is 0 Å². The molecule has 0 aliphatic carbocycles. The SMILES string of the molecule is CCN(/N=C/c1cccc([N+](=O)[O-])c1)c1ccc(C)cc1. The average Bonchev–Trinajstić information content (AvgIpc) is 2.50. The van der Waals surface area contributed by atoms with E-state index in [1.54, 1.807) is 18.3 Å². The number of hydrazone groups is 1. The van der Waals surface area contributed by atoms with Crippen molar-refractivity contribution >= 4 is 17.6 Å². The van der Waals surface area contributed by atoms with Crippen LogP contribution in [0.3, 0.4) is 0 Å². The molecule has 0 amide bonds. The molecule has 0 aromatic heterocycles. The molecule has 108 valence electrons. The van der Waals surface area contributed by atoms with Crippen molar-refractivity contribution in [3.8, 4) is 0 Å². The largest absolute Gasteiger partial charge is 0.270 e. The number of anilines is 1. The molecule has 0 bridgehead atoms. The van der Waals surface area contributed by atoms with Crippen molar-refractivity contribution in [2.24, 2.45) is 5.10 Å². The molecule has 0 aliphatic rings. The number of non-ortho nitro benzene ring substituents is 1. The molecule has 5 nitrogen and oxygen atoms in total. The molecular formula is C16H17N3O2. The summed E-state index contributed by atoms with van der Waals surface area (Å²) in [4.78, 5) is 10.3. The van der Waals surface area contributed by atoms with Crippen LogP contribution >= 0.6 is 0 Å². The highest BCUT2D eigenvalue weighted by Gasteiger charge is 2.05. The van der Waals surface area contributed by atoms with Gasteiger partial charge in [0.1, 0.15) is 0 Å². The fraction of sp³-hybridized carbons (Fsp3) is 0.188. The standard InChI is InChI=1S/C16H17N3O2/c1-3-18(15-9-7-13(2)8-10-15)17-12-14-5-4-6-16(11-14)19(20)21/h4-12H,3H2,1-2H3/b17-12+. The van der Waals surface area contributed by atoms with Crippen LogP contribution in [0.5, 0.6) is 0 Å². The van der Waals surface area contributed by atoms with Crippen LogP contribution < -0.4 is 5.01 Å². The molecule has 0 aliphatic heterocycles. The zero-order valence-corrected chi connectivity index (χ0v) is 12.1. The minimum absolute atomic E-state index is 0.0670. The molecule has 2 aromatic rings. The summed E-state index contributed by atoms with van der Waals surface area (Å²) in [7, 11) is 0. The van der Waals surface area contributed by atoms with Gasteiger partial charge in [-0.05, 0) is 26.0 Å². The summed E-state index contributed by atoms with van der Waals surface area (Å²) in [6, 6.07) is 14.5. The van der Waals surface area contributed by atoms with Gasteiger partial charge in [-0.2, -0.15) is 5.10 Å². The highest BCUT2D eigenvalue weighted by atomic mass is 16.6. The number of nitro groups is 1. The Morgan fingerprint density at radius 1 is 1.24 bits per heavy atom. The van der Waals surface area contributed by atoms with Crippen molar-refractivity contribution in [2.75, 3.05) is 11.6 Å². The summed E-state index contributed by atoms with van der Waals surface area (Å²) >= 11 is 0. The predicted molar refractivity (Wildman–Crippen MR) is 84.9 cm³/mol. The summed E-state index contributed by atoms with van der Waals surface area (Å²) in [6.45, 7) is 4.76. The van der Waals surface area contributed by atoms with Crippen molar-refractivity contribution in [3.63, 3.8) is 0 Å². The van der Waals surface area contributed by atoms with Gasteiger partial charge in [0.25, 0.3) is 5.69 Å². The van der Waals surface area contributed by atoms with E-state index >= 15 is 0 Å². The van der Waals surface area contributed by atoms with E-state index in [1.165, 1.54) is 17.7 Å². The minimum Gasteiger partial charge on any atom is -0.266 e. The molecule has 0 fully saturated rings. The summed E-state index contributed by atoms with van der Waals surface area (Å²) in [5, 5.41) is 17.0. The van der Waals surface area contributed by atoms with E-state index < -0.39 is 4.92 Å². The molecule has 0 spiro atoms. The van der Waals surface area contributed by atoms with Gasteiger partial charge in [-0.15, -0.1) is 0 Å². The van der Waals surface area contributed by atoms with Crippen molar-refractivity contribution in [2.45, 2.75) is 13.8 Å². The van der Waals surface area contributed by atoms with Crippen molar-refractivity contribution in [3.05, 3.63) is 69.8 Å². The van der Waals surface area contributed by atoms with E-state index in [0.29, 0.717) is 12.1 Å². The normalized spacial score (nSPS) is 10.8. The Bertz CT molecular complexity index is 651. The molecule has 0 unspecified atom stereocenters. The first-order chi connectivity index (χ1) is 10.1. The number of nitrogens with zero attached hydrogens (tertiary/aromatic N) is 3. The van der Waals surface area contributed by atoms with Crippen LogP contribution in [0.15, 0.2) is 53.6 Å². The smallest absolute Gasteiger partial charge is 0.266 e. The van der Waals surface area contributed by atoms with E-state index in [9.17, 15) is 10.1 Å². The van der Waals surface area contributed by atoms with Crippen molar-refractivity contribution in [1.29, 1.82) is 0 Å². The Morgan fingerprint density at radius 3 is 2.57 bits per heavy atom. The molecule has 2 aromatic carbocycles.